The maximum Gasteiger partial charge on any atom is 0.243 e. The standard InChI is InChI=1S/C15H24F2N2O2S/c1-4-19(5-2)10-6-7-12(3)18-22(20,21)15-9-8-13(16)11-14(15)17/h8-9,11-12,18H,4-7,10H2,1-3H3. The van der Waals surface area contributed by atoms with E-state index in [-0.39, 0.29) is 6.04 Å². The van der Waals surface area contributed by atoms with Crippen LogP contribution in [0.25, 0.3) is 0 Å². The number of nitrogens with zero attached hydrogens (tertiary/aromatic N) is 1. The zero-order valence-corrected chi connectivity index (χ0v) is 14.1. The lowest BCUT2D eigenvalue weighted by atomic mass is 10.2. The van der Waals surface area contributed by atoms with Gasteiger partial charge in [-0.1, -0.05) is 13.8 Å². The molecule has 22 heavy (non-hydrogen) atoms. The Morgan fingerprint density at radius 1 is 1.23 bits per heavy atom. The summed E-state index contributed by atoms with van der Waals surface area (Å²) in [6.07, 6.45) is 1.50. The Bertz CT molecular complexity index is 575. The van der Waals surface area contributed by atoms with Crippen molar-refractivity contribution in [1.29, 1.82) is 0 Å². The molecule has 0 aromatic heterocycles. The van der Waals surface area contributed by atoms with Crippen LogP contribution in [0.1, 0.15) is 33.6 Å². The Morgan fingerprint density at radius 2 is 1.86 bits per heavy atom. The first-order valence-corrected chi connectivity index (χ1v) is 8.98. The molecule has 0 heterocycles. The molecule has 0 bridgehead atoms. The number of rotatable bonds is 9. The van der Waals surface area contributed by atoms with Crippen LogP contribution in [-0.4, -0.2) is 39.0 Å². The van der Waals surface area contributed by atoms with Crippen molar-refractivity contribution in [1.82, 2.24) is 9.62 Å². The molecule has 0 aliphatic carbocycles. The summed E-state index contributed by atoms with van der Waals surface area (Å²) in [5, 5.41) is 0. The summed E-state index contributed by atoms with van der Waals surface area (Å²) >= 11 is 0. The van der Waals surface area contributed by atoms with Crippen molar-refractivity contribution in [3.63, 3.8) is 0 Å². The second kappa shape index (κ2) is 8.55. The molecule has 0 amide bonds. The average Bonchev–Trinajstić information content (AvgIpc) is 2.42. The van der Waals surface area contributed by atoms with Gasteiger partial charge in [-0.3, -0.25) is 0 Å². The van der Waals surface area contributed by atoms with E-state index in [0.717, 1.165) is 38.2 Å². The fourth-order valence-electron chi connectivity index (χ4n) is 2.24. The number of hydrogen-bond acceptors (Lipinski definition) is 3. The van der Waals surface area contributed by atoms with Gasteiger partial charge in [-0.15, -0.1) is 0 Å². The fraction of sp³-hybridized carbons (Fsp3) is 0.600. The molecule has 1 aromatic carbocycles. The Kier molecular flexibility index (Phi) is 7.38. The van der Waals surface area contributed by atoms with E-state index in [4.69, 9.17) is 0 Å². The van der Waals surface area contributed by atoms with E-state index in [1.165, 1.54) is 0 Å². The fourth-order valence-corrected chi connectivity index (χ4v) is 3.58. The first-order valence-electron chi connectivity index (χ1n) is 7.49. The minimum absolute atomic E-state index is 0.315. The maximum absolute atomic E-state index is 13.6. The predicted molar refractivity (Wildman–Crippen MR) is 83.2 cm³/mol. The van der Waals surface area contributed by atoms with Crippen molar-refractivity contribution in [2.75, 3.05) is 19.6 Å². The van der Waals surface area contributed by atoms with E-state index in [1.807, 2.05) is 0 Å². The Labute approximate surface area is 131 Å². The van der Waals surface area contributed by atoms with Gasteiger partial charge >= 0.3 is 0 Å². The van der Waals surface area contributed by atoms with Crippen molar-refractivity contribution in [2.24, 2.45) is 0 Å². The third-order valence-electron chi connectivity index (χ3n) is 3.55. The lowest BCUT2D eigenvalue weighted by Crippen LogP contribution is -2.34. The second-order valence-electron chi connectivity index (χ2n) is 5.27. The van der Waals surface area contributed by atoms with Crippen molar-refractivity contribution in [2.45, 2.75) is 44.6 Å². The summed E-state index contributed by atoms with van der Waals surface area (Å²) in [7, 11) is -3.97. The zero-order chi connectivity index (χ0) is 16.8. The van der Waals surface area contributed by atoms with Gasteiger partial charge < -0.3 is 4.90 Å². The van der Waals surface area contributed by atoms with Crippen molar-refractivity contribution in [3.8, 4) is 0 Å². The normalized spacial score (nSPS) is 13.5. The molecule has 0 fully saturated rings. The van der Waals surface area contributed by atoms with Crippen molar-refractivity contribution < 1.29 is 17.2 Å². The first-order chi connectivity index (χ1) is 10.3. The summed E-state index contributed by atoms with van der Waals surface area (Å²) in [5.74, 6) is -1.88. The van der Waals surface area contributed by atoms with E-state index in [1.54, 1.807) is 6.92 Å². The van der Waals surface area contributed by atoms with Crippen LogP contribution in [0.5, 0.6) is 0 Å². The van der Waals surface area contributed by atoms with Gasteiger partial charge in [-0.2, -0.15) is 0 Å². The summed E-state index contributed by atoms with van der Waals surface area (Å²) in [6, 6.07) is 2.13. The maximum atomic E-state index is 13.6. The highest BCUT2D eigenvalue weighted by atomic mass is 32.2. The molecule has 1 rings (SSSR count). The molecule has 1 N–H and O–H groups in total. The third kappa shape index (κ3) is 5.62. The smallest absolute Gasteiger partial charge is 0.243 e. The molecule has 0 radical (unpaired) electrons. The molecule has 0 saturated carbocycles. The predicted octanol–water partition coefficient (Wildman–Crippen LogP) is 2.75. The molecule has 0 spiro atoms. The van der Waals surface area contributed by atoms with Gasteiger partial charge in [0.05, 0.1) is 0 Å². The van der Waals surface area contributed by atoms with Crippen LogP contribution in [0.2, 0.25) is 0 Å². The molecule has 0 saturated heterocycles. The molecule has 1 atom stereocenters. The quantitative estimate of drug-likeness (QED) is 0.755. The van der Waals surface area contributed by atoms with Gasteiger partial charge in [0.2, 0.25) is 10.0 Å². The summed E-state index contributed by atoms with van der Waals surface area (Å²) in [4.78, 5) is 1.73. The van der Waals surface area contributed by atoms with E-state index < -0.39 is 26.6 Å². The van der Waals surface area contributed by atoms with Gasteiger partial charge in [0.25, 0.3) is 0 Å². The Morgan fingerprint density at radius 3 is 2.41 bits per heavy atom. The Hall–Kier alpha value is -1.05. The van der Waals surface area contributed by atoms with Gasteiger partial charge in [0.15, 0.2) is 0 Å². The lowest BCUT2D eigenvalue weighted by molar-refractivity contribution is 0.293. The number of benzene rings is 1. The van der Waals surface area contributed by atoms with Crippen LogP contribution < -0.4 is 4.72 Å². The minimum atomic E-state index is -3.97. The van der Waals surface area contributed by atoms with Gasteiger partial charge in [0, 0.05) is 12.1 Å². The summed E-state index contributed by atoms with van der Waals surface area (Å²) < 4.78 is 53.1. The molecule has 126 valence electrons. The molecule has 1 unspecified atom stereocenters. The second-order valence-corrected chi connectivity index (χ2v) is 6.95. The monoisotopic (exact) mass is 334 g/mol. The van der Waals surface area contributed by atoms with Crippen LogP contribution in [0, 0.1) is 11.6 Å². The van der Waals surface area contributed by atoms with Crippen molar-refractivity contribution >= 4 is 10.0 Å². The molecule has 0 aliphatic heterocycles. The molecule has 0 aliphatic rings. The number of hydrogen-bond donors (Lipinski definition) is 1. The summed E-state index contributed by atoms with van der Waals surface area (Å²) in [6.45, 7) is 8.69. The van der Waals surface area contributed by atoms with E-state index in [0.29, 0.717) is 12.5 Å². The van der Waals surface area contributed by atoms with E-state index in [9.17, 15) is 17.2 Å². The first kappa shape index (κ1) is 19.0. The number of nitrogens with one attached hydrogen (secondary N) is 1. The van der Waals surface area contributed by atoms with Crippen LogP contribution in [-0.2, 0) is 10.0 Å². The van der Waals surface area contributed by atoms with Crippen LogP contribution >= 0.6 is 0 Å². The molecular formula is C15H24F2N2O2S. The van der Waals surface area contributed by atoms with Crippen LogP contribution in [0.3, 0.4) is 0 Å². The average molecular weight is 334 g/mol. The topological polar surface area (TPSA) is 49.4 Å². The van der Waals surface area contributed by atoms with E-state index >= 15 is 0 Å². The highest BCUT2D eigenvalue weighted by molar-refractivity contribution is 7.89. The highest BCUT2D eigenvalue weighted by Gasteiger charge is 2.21. The minimum Gasteiger partial charge on any atom is -0.304 e. The molecular weight excluding hydrogens is 310 g/mol. The highest BCUT2D eigenvalue weighted by Crippen LogP contribution is 2.16. The third-order valence-corrected chi connectivity index (χ3v) is 5.17. The van der Waals surface area contributed by atoms with Crippen LogP contribution in [0.15, 0.2) is 23.1 Å². The number of sulfonamides is 1. The van der Waals surface area contributed by atoms with Gasteiger partial charge in [0.1, 0.15) is 16.5 Å². The zero-order valence-electron chi connectivity index (χ0n) is 13.3. The molecule has 1 aromatic rings. The van der Waals surface area contributed by atoms with E-state index in [2.05, 4.69) is 23.5 Å². The van der Waals surface area contributed by atoms with Crippen molar-refractivity contribution in [3.05, 3.63) is 29.8 Å². The Balaban J connectivity index is 2.60. The number of halogens is 2. The van der Waals surface area contributed by atoms with Crippen LogP contribution in [0.4, 0.5) is 8.78 Å². The van der Waals surface area contributed by atoms with Gasteiger partial charge in [-0.05, 0) is 51.5 Å². The summed E-state index contributed by atoms with van der Waals surface area (Å²) in [5.41, 5.74) is 0. The lowest BCUT2D eigenvalue weighted by Gasteiger charge is -2.19. The van der Waals surface area contributed by atoms with Gasteiger partial charge in [-0.25, -0.2) is 21.9 Å². The molecule has 4 nitrogen and oxygen atoms in total. The largest absolute Gasteiger partial charge is 0.304 e. The molecule has 7 heteroatoms. The SMILES string of the molecule is CCN(CC)CCCC(C)NS(=O)(=O)c1ccc(F)cc1F.